The number of rotatable bonds is 3. The summed E-state index contributed by atoms with van der Waals surface area (Å²) in [5, 5.41) is 4.94. The molecular weight excluding hydrogens is 298 g/mol. The first kappa shape index (κ1) is 15.6. The molecule has 1 N–H and O–H groups in total. The summed E-state index contributed by atoms with van der Waals surface area (Å²) >= 11 is 4.02. The van der Waals surface area contributed by atoms with E-state index in [1.54, 1.807) is 0 Å². The molecule has 0 radical (unpaired) electrons. The molecule has 1 atom stereocenters. The van der Waals surface area contributed by atoms with E-state index in [9.17, 15) is 0 Å². The highest BCUT2D eigenvalue weighted by molar-refractivity contribution is 7.99. The van der Waals surface area contributed by atoms with Crippen molar-refractivity contribution >= 4 is 28.2 Å². The van der Waals surface area contributed by atoms with Gasteiger partial charge in [-0.05, 0) is 37.0 Å². The number of anilines is 1. The molecule has 2 aliphatic rings. The first-order valence-corrected chi connectivity index (χ1v) is 10.1. The van der Waals surface area contributed by atoms with Gasteiger partial charge in [0, 0.05) is 29.8 Å². The van der Waals surface area contributed by atoms with Gasteiger partial charge in [-0.2, -0.15) is 11.8 Å². The van der Waals surface area contributed by atoms with Crippen LogP contribution >= 0.6 is 23.1 Å². The zero-order valence-electron chi connectivity index (χ0n) is 13.4. The van der Waals surface area contributed by atoms with Crippen LogP contribution < -0.4 is 10.2 Å². The lowest BCUT2D eigenvalue weighted by Crippen LogP contribution is -2.32. The van der Waals surface area contributed by atoms with Crippen molar-refractivity contribution in [2.45, 2.75) is 46.1 Å². The third-order valence-corrected chi connectivity index (χ3v) is 6.70. The Labute approximate surface area is 136 Å². The van der Waals surface area contributed by atoms with E-state index in [0.29, 0.717) is 11.5 Å². The quantitative estimate of drug-likeness (QED) is 0.917. The zero-order chi connectivity index (χ0) is 14.9. The molecule has 3 rings (SSSR count). The average Bonchev–Trinajstić information content (AvgIpc) is 2.66. The van der Waals surface area contributed by atoms with Gasteiger partial charge in [-0.15, -0.1) is 0 Å². The fourth-order valence-electron chi connectivity index (χ4n) is 3.40. The van der Waals surface area contributed by atoms with Gasteiger partial charge in [0.15, 0.2) is 5.13 Å². The minimum absolute atomic E-state index is 0.361. The Morgan fingerprint density at radius 1 is 1.33 bits per heavy atom. The standard InChI is InChI=1S/C16H27N3S2/c1-4-17-12-10-16(2,3)11-13-14(12)21-15(18-13)19-6-5-8-20-9-7-19/h12,17H,4-11H2,1-3H3. The van der Waals surface area contributed by atoms with E-state index >= 15 is 0 Å². The van der Waals surface area contributed by atoms with Gasteiger partial charge in [0.25, 0.3) is 0 Å². The van der Waals surface area contributed by atoms with Gasteiger partial charge in [0.2, 0.25) is 0 Å². The molecule has 0 amide bonds. The fourth-order valence-corrected chi connectivity index (χ4v) is 5.50. The fraction of sp³-hybridized carbons (Fsp3) is 0.812. The topological polar surface area (TPSA) is 28.2 Å². The lowest BCUT2D eigenvalue weighted by molar-refractivity contribution is 0.260. The van der Waals surface area contributed by atoms with Crippen LogP contribution in [0, 0.1) is 5.41 Å². The van der Waals surface area contributed by atoms with Crippen LogP contribution in [0.25, 0.3) is 0 Å². The molecule has 2 heterocycles. The molecule has 1 aromatic heterocycles. The summed E-state index contributed by atoms with van der Waals surface area (Å²) in [4.78, 5) is 9.06. The molecular formula is C16H27N3S2. The average molecular weight is 326 g/mol. The van der Waals surface area contributed by atoms with Crippen molar-refractivity contribution in [2.24, 2.45) is 5.41 Å². The molecule has 1 saturated heterocycles. The first-order chi connectivity index (χ1) is 10.1. The van der Waals surface area contributed by atoms with Gasteiger partial charge >= 0.3 is 0 Å². The van der Waals surface area contributed by atoms with E-state index in [0.717, 1.165) is 19.5 Å². The van der Waals surface area contributed by atoms with E-state index in [1.807, 2.05) is 11.3 Å². The molecule has 1 aliphatic carbocycles. The van der Waals surface area contributed by atoms with Gasteiger partial charge in [-0.3, -0.25) is 0 Å². The highest BCUT2D eigenvalue weighted by Crippen LogP contribution is 2.44. The van der Waals surface area contributed by atoms with Crippen LogP contribution in [-0.2, 0) is 6.42 Å². The van der Waals surface area contributed by atoms with Crippen LogP contribution in [0.1, 0.15) is 50.2 Å². The van der Waals surface area contributed by atoms with Crippen LogP contribution in [0.5, 0.6) is 0 Å². The summed E-state index contributed by atoms with van der Waals surface area (Å²) in [5.41, 5.74) is 1.72. The number of nitrogens with one attached hydrogen (secondary N) is 1. The number of aromatic nitrogens is 1. The lowest BCUT2D eigenvalue weighted by Gasteiger charge is -2.34. The highest BCUT2D eigenvalue weighted by atomic mass is 32.2. The van der Waals surface area contributed by atoms with Gasteiger partial charge in [-0.1, -0.05) is 32.1 Å². The predicted molar refractivity (Wildman–Crippen MR) is 94.8 cm³/mol. The van der Waals surface area contributed by atoms with Gasteiger partial charge in [0.1, 0.15) is 0 Å². The Hall–Kier alpha value is -0.260. The third kappa shape index (κ3) is 3.57. The number of fused-ring (bicyclic) bond motifs is 1. The molecule has 1 aromatic rings. The second-order valence-electron chi connectivity index (χ2n) is 6.92. The summed E-state index contributed by atoms with van der Waals surface area (Å²) in [6.45, 7) is 10.3. The van der Waals surface area contributed by atoms with Crippen molar-refractivity contribution < 1.29 is 0 Å². The monoisotopic (exact) mass is 325 g/mol. The predicted octanol–water partition coefficient (Wildman–Crippen LogP) is 3.71. The molecule has 0 aromatic carbocycles. The van der Waals surface area contributed by atoms with Gasteiger partial charge in [0.05, 0.1) is 5.69 Å². The Kier molecular flexibility index (Phi) is 4.81. The Morgan fingerprint density at radius 2 is 2.19 bits per heavy atom. The summed E-state index contributed by atoms with van der Waals surface area (Å²) in [7, 11) is 0. The summed E-state index contributed by atoms with van der Waals surface area (Å²) in [6, 6.07) is 0.501. The zero-order valence-corrected chi connectivity index (χ0v) is 15.1. The van der Waals surface area contributed by atoms with E-state index in [1.165, 1.54) is 46.6 Å². The Bertz CT molecular complexity index is 476. The van der Waals surface area contributed by atoms with Crippen molar-refractivity contribution in [1.29, 1.82) is 0 Å². The second kappa shape index (κ2) is 6.47. The van der Waals surface area contributed by atoms with Crippen molar-refractivity contribution in [3.05, 3.63) is 10.6 Å². The van der Waals surface area contributed by atoms with Crippen LogP contribution in [-0.4, -0.2) is 36.1 Å². The molecule has 1 aliphatic heterocycles. The minimum Gasteiger partial charge on any atom is -0.347 e. The molecule has 5 heteroatoms. The molecule has 0 bridgehead atoms. The van der Waals surface area contributed by atoms with E-state index in [2.05, 4.69) is 42.7 Å². The summed E-state index contributed by atoms with van der Waals surface area (Å²) in [5.74, 6) is 2.54. The number of nitrogens with zero attached hydrogens (tertiary/aromatic N) is 2. The maximum absolute atomic E-state index is 5.04. The molecule has 0 spiro atoms. The number of hydrogen-bond donors (Lipinski definition) is 1. The van der Waals surface area contributed by atoms with E-state index < -0.39 is 0 Å². The van der Waals surface area contributed by atoms with Gasteiger partial charge in [-0.25, -0.2) is 4.98 Å². The molecule has 3 nitrogen and oxygen atoms in total. The van der Waals surface area contributed by atoms with Crippen LogP contribution in [0.4, 0.5) is 5.13 Å². The van der Waals surface area contributed by atoms with Crippen LogP contribution in [0.3, 0.4) is 0 Å². The normalized spacial score (nSPS) is 25.5. The summed E-state index contributed by atoms with van der Waals surface area (Å²) in [6.07, 6.45) is 3.64. The molecule has 1 unspecified atom stereocenters. The Morgan fingerprint density at radius 3 is 3.00 bits per heavy atom. The largest absolute Gasteiger partial charge is 0.347 e. The van der Waals surface area contributed by atoms with Crippen molar-refractivity contribution in [1.82, 2.24) is 10.3 Å². The Balaban J connectivity index is 1.86. The smallest absolute Gasteiger partial charge is 0.185 e. The van der Waals surface area contributed by atoms with Crippen molar-refractivity contribution in [3.63, 3.8) is 0 Å². The van der Waals surface area contributed by atoms with Gasteiger partial charge < -0.3 is 10.2 Å². The second-order valence-corrected chi connectivity index (χ2v) is 9.15. The minimum atomic E-state index is 0.361. The maximum atomic E-state index is 5.04. The number of thioether (sulfide) groups is 1. The van der Waals surface area contributed by atoms with E-state index in [-0.39, 0.29) is 0 Å². The third-order valence-electron chi connectivity index (χ3n) is 4.38. The highest BCUT2D eigenvalue weighted by Gasteiger charge is 2.35. The molecule has 0 saturated carbocycles. The SMILES string of the molecule is CCNC1CC(C)(C)Cc2nc(N3CCCSCC3)sc21. The number of thiazole rings is 1. The summed E-state index contributed by atoms with van der Waals surface area (Å²) < 4.78 is 0. The number of hydrogen-bond acceptors (Lipinski definition) is 5. The molecule has 118 valence electrons. The van der Waals surface area contributed by atoms with Crippen LogP contribution in [0.15, 0.2) is 0 Å². The van der Waals surface area contributed by atoms with Crippen molar-refractivity contribution in [2.75, 3.05) is 36.0 Å². The molecule has 1 fully saturated rings. The van der Waals surface area contributed by atoms with Crippen LogP contribution in [0.2, 0.25) is 0 Å². The van der Waals surface area contributed by atoms with E-state index in [4.69, 9.17) is 4.98 Å². The lowest BCUT2D eigenvalue weighted by atomic mass is 9.76. The van der Waals surface area contributed by atoms with Crippen molar-refractivity contribution in [3.8, 4) is 0 Å². The maximum Gasteiger partial charge on any atom is 0.185 e. The first-order valence-electron chi connectivity index (χ1n) is 8.15. The molecule has 21 heavy (non-hydrogen) atoms.